The normalized spacial score (nSPS) is 17.5. The van der Waals surface area contributed by atoms with E-state index >= 15 is 0 Å². The summed E-state index contributed by atoms with van der Waals surface area (Å²) < 4.78 is 0. The number of unbranched alkanes of at least 4 members (excludes halogenated alkanes) is 6. The number of aryl methyl sites for hydroxylation is 1. The third-order valence-electron chi connectivity index (χ3n) is 8.37. The Bertz CT molecular complexity index is 1250. The number of likely N-dealkylation sites (tertiary alicyclic amines) is 1. The van der Waals surface area contributed by atoms with E-state index in [4.69, 9.17) is 5.11 Å². The molecule has 0 aliphatic carbocycles. The van der Waals surface area contributed by atoms with Gasteiger partial charge in [0.1, 0.15) is 6.29 Å². The van der Waals surface area contributed by atoms with Crippen LogP contribution < -0.4 is 16.0 Å². The Morgan fingerprint density at radius 1 is 1.07 bits per heavy atom. The first-order valence-corrected chi connectivity index (χ1v) is 16.8. The standard InChI is InChI=1S/C33H49N5O6S/c1-23-30(45-22-36-23)25-14-12-24(13-15-25)18-35-31(42)27-17-26(40)19-38(27)21-33(2,3)28(20-39)37-29(41)11-9-7-5-4-6-8-10-16-34-32(43)44/h12-15,20,22,26-28,34,40H,4-11,16-19,21H2,1-3H3,(H,35,42)(H,37,41)(H,43,44)/t26-,27+,28-/m1/s1. The van der Waals surface area contributed by atoms with E-state index in [1.807, 2.05) is 55.4 Å². The van der Waals surface area contributed by atoms with Crippen LogP contribution in [-0.4, -0.2) is 82.1 Å². The number of thiazole rings is 1. The zero-order valence-electron chi connectivity index (χ0n) is 26.7. The van der Waals surface area contributed by atoms with Crippen LogP contribution in [0.15, 0.2) is 29.8 Å². The third kappa shape index (κ3) is 11.8. The zero-order valence-corrected chi connectivity index (χ0v) is 27.5. The molecule has 1 fully saturated rings. The lowest BCUT2D eigenvalue weighted by atomic mass is 9.84. The zero-order chi connectivity index (χ0) is 32.8. The van der Waals surface area contributed by atoms with E-state index in [1.165, 1.54) is 0 Å². The monoisotopic (exact) mass is 643 g/mol. The van der Waals surface area contributed by atoms with Crippen LogP contribution >= 0.6 is 11.3 Å². The van der Waals surface area contributed by atoms with Crippen molar-refractivity contribution in [2.75, 3.05) is 19.6 Å². The van der Waals surface area contributed by atoms with Crippen molar-refractivity contribution in [3.8, 4) is 10.4 Å². The number of hydrogen-bond donors (Lipinski definition) is 5. The molecule has 3 rings (SSSR count). The Kier molecular flexibility index (Phi) is 14.4. The number of rotatable bonds is 19. The molecule has 1 aliphatic heterocycles. The average Bonchev–Trinajstić information content (AvgIpc) is 3.59. The molecule has 1 aliphatic rings. The molecule has 0 unspecified atom stereocenters. The largest absolute Gasteiger partial charge is 0.465 e. The molecular weight excluding hydrogens is 594 g/mol. The number of aromatic nitrogens is 1. The van der Waals surface area contributed by atoms with Crippen LogP contribution in [0.1, 0.15) is 82.9 Å². The van der Waals surface area contributed by atoms with Gasteiger partial charge in [-0.15, -0.1) is 11.3 Å². The minimum absolute atomic E-state index is 0.173. The van der Waals surface area contributed by atoms with Crippen molar-refractivity contribution in [3.63, 3.8) is 0 Å². The van der Waals surface area contributed by atoms with E-state index in [-0.39, 0.29) is 11.8 Å². The smallest absolute Gasteiger partial charge is 0.404 e. The van der Waals surface area contributed by atoms with Gasteiger partial charge in [0.05, 0.1) is 34.3 Å². The fourth-order valence-electron chi connectivity index (χ4n) is 5.76. The molecule has 2 aromatic rings. The van der Waals surface area contributed by atoms with Crippen LogP contribution in [0.5, 0.6) is 0 Å². The van der Waals surface area contributed by atoms with E-state index in [2.05, 4.69) is 20.9 Å². The Balaban J connectivity index is 1.41. The summed E-state index contributed by atoms with van der Waals surface area (Å²) in [5.74, 6) is -0.347. The summed E-state index contributed by atoms with van der Waals surface area (Å²) in [6.45, 7) is 7.28. The average molecular weight is 644 g/mol. The highest BCUT2D eigenvalue weighted by molar-refractivity contribution is 7.13. The number of carbonyl (C=O) groups is 4. The highest BCUT2D eigenvalue weighted by atomic mass is 32.1. The SMILES string of the molecule is Cc1ncsc1-c1ccc(CNC(=O)[C@@H]2C[C@@H](O)CN2CC(C)(C)[C@@H](C=O)NC(=O)CCCCCCCCCNC(=O)O)cc1. The van der Waals surface area contributed by atoms with Crippen molar-refractivity contribution < 1.29 is 29.4 Å². The maximum absolute atomic E-state index is 13.2. The Labute approximate surface area is 270 Å². The minimum atomic E-state index is -0.993. The topological polar surface area (TPSA) is 161 Å². The van der Waals surface area contributed by atoms with Crippen LogP contribution in [0.3, 0.4) is 0 Å². The number of carbonyl (C=O) groups excluding carboxylic acids is 3. The van der Waals surface area contributed by atoms with Gasteiger partial charge in [0.15, 0.2) is 0 Å². The maximum atomic E-state index is 13.2. The van der Waals surface area contributed by atoms with Gasteiger partial charge in [0.25, 0.3) is 0 Å². The van der Waals surface area contributed by atoms with Crippen molar-refractivity contribution in [1.82, 2.24) is 25.8 Å². The predicted molar refractivity (Wildman–Crippen MR) is 175 cm³/mol. The van der Waals surface area contributed by atoms with Crippen LogP contribution in [-0.2, 0) is 20.9 Å². The second-order valence-electron chi connectivity index (χ2n) is 12.6. The first-order chi connectivity index (χ1) is 21.5. The van der Waals surface area contributed by atoms with Crippen molar-refractivity contribution in [2.24, 2.45) is 5.41 Å². The number of nitrogens with zero attached hydrogens (tertiary/aromatic N) is 2. The first kappa shape index (κ1) is 36.1. The molecule has 1 aromatic heterocycles. The van der Waals surface area contributed by atoms with Crippen LogP contribution in [0.25, 0.3) is 10.4 Å². The van der Waals surface area contributed by atoms with Gasteiger partial charge in [-0.05, 0) is 37.3 Å². The highest BCUT2D eigenvalue weighted by Gasteiger charge is 2.41. The summed E-state index contributed by atoms with van der Waals surface area (Å²) in [7, 11) is 0. The summed E-state index contributed by atoms with van der Waals surface area (Å²) in [6.07, 6.45) is 6.26. The molecule has 0 radical (unpaired) electrons. The molecule has 5 N–H and O–H groups in total. The molecule has 3 amide bonds. The van der Waals surface area contributed by atoms with Crippen molar-refractivity contribution >= 4 is 35.5 Å². The van der Waals surface area contributed by atoms with Gasteiger partial charge in [-0.3, -0.25) is 14.5 Å². The van der Waals surface area contributed by atoms with Gasteiger partial charge in [-0.2, -0.15) is 0 Å². The second kappa shape index (κ2) is 18.0. The Morgan fingerprint density at radius 3 is 2.36 bits per heavy atom. The second-order valence-corrected chi connectivity index (χ2v) is 13.5. The highest BCUT2D eigenvalue weighted by Crippen LogP contribution is 2.29. The number of amides is 3. The molecule has 1 aromatic carbocycles. The van der Waals surface area contributed by atoms with Gasteiger partial charge >= 0.3 is 6.09 Å². The molecule has 1 saturated heterocycles. The lowest BCUT2D eigenvalue weighted by Crippen LogP contribution is -2.53. The number of carboxylic acid groups (broad SMARTS) is 1. The molecule has 45 heavy (non-hydrogen) atoms. The van der Waals surface area contributed by atoms with Gasteiger partial charge in [0.2, 0.25) is 11.8 Å². The number of hydrogen-bond acceptors (Lipinski definition) is 8. The van der Waals surface area contributed by atoms with Crippen LogP contribution in [0, 0.1) is 12.3 Å². The van der Waals surface area contributed by atoms with E-state index in [9.17, 15) is 24.3 Å². The number of nitrogens with one attached hydrogen (secondary N) is 3. The van der Waals surface area contributed by atoms with Crippen molar-refractivity contribution in [2.45, 2.75) is 103 Å². The van der Waals surface area contributed by atoms with Gasteiger partial charge < -0.3 is 31.0 Å². The fraction of sp³-hybridized carbons (Fsp3) is 0.606. The fourth-order valence-corrected chi connectivity index (χ4v) is 6.57. The van der Waals surface area contributed by atoms with Crippen LogP contribution in [0.2, 0.25) is 0 Å². The number of aldehydes is 1. The number of benzene rings is 1. The summed E-state index contributed by atoms with van der Waals surface area (Å²) >= 11 is 1.60. The lowest BCUT2D eigenvalue weighted by molar-refractivity contribution is -0.128. The van der Waals surface area contributed by atoms with Gasteiger partial charge in [-0.1, -0.05) is 70.2 Å². The summed E-state index contributed by atoms with van der Waals surface area (Å²) in [5, 5.41) is 27.2. The summed E-state index contributed by atoms with van der Waals surface area (Å²) in [4.78, 5) is 55.7. The number of aliphatic hydroxyl groups is 1. The molecular formula is C33H49N5O6S. The number of β-amino-alcohol motifs (C(OH)–C–C–N with tert-alkyl or cyclic N) is 1. The maximum Gasteiger partial charge on any atom is 0.404 e. The Morgan fingerprint density at radius 2 is 1.73 bits per heavy atom. The molecule has 248 valence electrons. The van der Waals surface area contributed by atoms with Gasteiger partial charge in [0, 0.05) is 38.0 Å². The van der Waals surface area contributed by atoms with E-state index in [0.717, 1.165) is 72.9 Å². The van der Waals surface area contributed by atoms with E-state index in [1.54, 1.807) is 11.3 Å². The minimum Gasteiger partial charge on any atom is -0.465 e. The van der Waals surface area contributed by atoms with Crippen LogP contribution in [0.4, 0.5) is 4.79 Å². The predicted octanol–water partition coefficient (Wildman–Crippen LogP) is 4.27. The molecule has 0 spiro atoms. The third-order valence-corrected chi connectivity index (χ3v) is 9.35. The number of aliphatic hydroxyl groups excluding tert-OH is 1. The van der Waals surface area contributed by atoms with E-state index < -0.39 is 29.7 Å². The van der Waals surface area contributed by atoms with Crippen molar-refractivity contribution in [3.05, 3.63) is 41.0 Å². The summed E-state index contributed by atoms with van der Waals surface area (Å²) in [5.41, 5.74) is 4.21. The molecule has 11 nitrogen and oxygen atoms in total. The van der Waals surface area contributed by atoms with Crippen molar-refractivity contribution in [1.29, 1.82) is 0 Å². The lowest BCUT2D eigenvalue weighted by Gasteiger charge is -2.37. The first-order valence-electron chi connectivity index (χ1n) is 15.9. The molecule has 0 bridgehead atoms. The van der Waals surface area contributed by atoms with E-state index in [0.29, 0.717) is 39.0 Å². The molecule has 12 heteroatoms. The van der Waals surface area contributed by atoms with Gasteiger partial charge in [-0.25, -0.2) is 9.78 Å². The Hall–Kier alpha value is -3.35. The molecule has 0 saturated carbocycles. The molecule has 3 atom stereocenters. The quantitative estimate of drug-likeness (QED) is 0.112. The molecule has 2 heterocycles. The summed E-state index contributed by atoms with van der Waals surface area (Å²) in [6, 6.07) is 6.76.